The van der Waals surface area contributed by atoms with E-state index < -0.39 is 0 Å². The molecule has 1 fully saturated rings. The van der Waals surface area contributed by atoms with E-state index in [-0.39, 0.29) is 24.8 Å². The van der Waals surface area contributed by atoms with E-state index in [2.05, 4.69) is 53.3 Å². The van der Waals surface area contributed by atoms with Gasteiger partial charge in [0.1, 0.15) is 5.84 Å². The van der Waals surface area contributed by atoms with Gasteiger partial charge in [-0.15, -0.1) is 24.8 Å². The van der Waals surface area contributed by atoms with Crippen LogP contribution in [0.15, 0.2) is 59.6 Å². The molecular formula is C21H24Cl3N3. The largest absolute Gasteiger partial charge is 0.354 e. The first kappa shape index (κ1) is 21.8. The predicted octanol–water partition coefficient (Wildman–Crippen LogP) is 5.10. The Bertz CT molecular complexity index is 826. The van der Waals surface area contributed by atoms with E-state index >= 15 is 0 Å². The van der Waals surface area contributed by atoms with Crippen LogP contribution in [-0.4, -0.2) is 48.9 Å². The van der Waals surface area contributed by atoms with E-state index in [1.54, 1.807) is 0 Å². The molecule has 0 unspecified atom stereocenters. The molecule has 2 aliphatic rings. The zero-order valence-corrected chi connectivity index (χ0v) is 17.7. The lowest BCUT2D eigenvalue weighted by Gasteiger charge is -2.35. The van der Waals surface area contributed by atoms with Crippen LogP contribution in [-0.2, 0) is 6.42 Å². The quantitative estimate of drug-likeness (QED) is 0.634. The summed E-state index contributed by atoms with van der Waals surface area (Å²) in [5.74, 6) is 1.08. The molecule has 4 rings (SSSR count). The van der Waals surface area contributed by atoms with Crippen LogP contribution >= 0.6 is 36.4 Å². The van der Waals surface area contributed by atoms with Crippen LogP contribution in [0, 0.1) is 0 Å². The van der Waals surface area contributed by atoms with Gasteiger partial charge in [0.05, 0.1) is 5.69 Å². The molecule has 2 aromatic carbocycles. The number of hydrogen-bond donors (Lipinski definition) is 0. The molecule has 0 amide bonds. The molecule has 27 heavy (non-hydrogen) atoms. The number of hydrogen-bond acceptors (Lipinski definition) is 3. The van der Waals surface area contributed by atoms with Crippen LogP contribution in [0.1, 0.15) is 11.1 Å². The highest BCUT2D eigenvalue weighted by atomic mass is 35.5. The maximum Gasteiger partial charge on any atom is 0.136 e. The highest BCUT2D eigenvalue weighted by Crippen LogP contribution is 2.31. The number of rotatable bonds is 1. The summed E-state index contributed by atoms with van der Waals surface area (Å²) < 4.78 is 0. The summed E-state index contributed by atoms with van der Waals surface area (Å²) in [5.41, 5.74) is 4.65. The number of amidine groups is 1. The smallest absolute Gasteiger partial charge is 0.136 e. The van der Waals surface area contributed by atoms with Crippen LogP contribution in [0.4, 0.5) is 5.69 Å². The van der Waals surface area contributed by atoms with Gasteiger partial charge >= 0.3 is 0 Å². The van der Waals surface area contributed by atoms with Crippen molar-refractivity contribution >= 4 is 53.5 Å². The van der Waals surface area contributed by atoms with Gasteiger partial charge in [-0.1, -0.05) is 48.0 Å². The molecule has 0 aromatic heterocycles. The van der Waals surface area contributed by atoms with Crippen LogP contribution in [0.5, 0.6) is 0 Å². The van der Waals surface area contributed by atoms with E-state index in [0.29, 0.717) is 0 Å². The molecule has 0 spiro atoms. The topological polar surface area (TPSA) is 18.8 Å². The van der Waals surface area contributed by atoms with Crippen molar-refractivity contribution in [3.05, 3.63) is 70.8 Å². The SMILES string of the molecule is CN1CCN(C2=Nc3ccc(Cl)cc3CC=C2c2ccccc2)CC1.Cl.Cl. The molecule has 6 heteroatoms. The van der Waals surface area contributed by atoms with Crippen molar-refractivity contribution in [3.63, 3.8) is 0 Å². The first-order valence-electron chi connectivity index (χ1n) is 8.77. The van der Waals surface area contributed by atoms with Gasteiger partial charge in [0, 0.05) is 36.8 Å². The Morgan fingerprint density at radius 2 is 1.63 bits per heavy atom. The summed E-state index contributed by atoms with van der Waals surface area (Å²) in [4.78, 5) is 9.87. The fourth-order valence-electron chi connectivity index (χ4n) is 3.43. The number of fused-ring (bicyclic) bond motifs is 1. The molecular weight excluding hydrogens is 401 g/mol. The first-order chi connectivity index (χ1) is 12.2. The molecule has 0 bridgehead atoms. The second kappa shape index (κ2) is 9.61. The third-order valence-corrected chi connectivity index (χ3v) is 5.16. The van der Waals surface area contributed by atoms with Crippen molar-refractivity contribution < 1.29 is 0 Å². The molecule has 0 N–H and O–H groups in total. The number of halogens is 3. The maximum atomic E-state index is 6.20. The molecule has 0 aliphatic carbocycles. The van der Waals surface area contributed by atoms with Gasteiger partial charge in [-0.05, 0) is 42.8 Å². The molecule has 0 radical (unpaired) electrons. The molecule has 2 aromatic rings. The van der Waals surface area contributed by atoms with Gasteiger partial charge in [-0.3, -0.25) is 0 Å². The van der Waals surface area contributed by atoms with E-state index in [9.17, 15) is 0 Å². The summed E-state index contributed by atoms with van der Waals surface area (Å²) in [7, 11) is 2.18. The van der Waals surface area contributed by atoms with Crippen molar-refractivity contribution in [1.82, 2.24) is 9.80 Å². The summed E-state index contributed by atoms with van der Waals surface area (Å²) in [6.07, 6.45) is 3.15. The van der Waals surface area contributed by atoms with E-state index in [4.69, 9.17) is 16.6 Å². The monoisotopic (exact) mass is 423 g/mol. The Kier molecular flexibility index (Phi) is 7.75. The van der Waals surface area contributed by atoms with Crippen LogP contribution < -0.4 is 0 Å². The lowest BCUT2D eigenvalue weighted by atomic mass is 10.0. The second-order valence-electron chi connectivity index (χ2n) is 6.69. The third kappa shape index (κ3) is 4.85. The average molecular weight is 425 g/mol. The molecule has 3 nitrogen and oxygen atoms in total. The Morgan fingerprint density at radius 1 is 0.926 bits per heavy atom. The molecule has 1 saturated heterocycles. The first-order valence-corrected chi connectivity index (χ1v) is 9.15. The summed E-state index contributed by atoms with van der Waals surface area (Å²) in [6.45, 7) is 4.13. The zero-order valence-electron chi connectivity index (χ0n) is 15.3. The van der Waals surface area contributed by atoms with Gasteiger partial charge < -0.3 is 9.80 Å². The Morgan fingerprint density at radius 3 is 2.33 bits per heavy atom. The van der Waals surface area contributed by atoms with Gasteiger partial charge in [0.15, 0.2) is 0 Å². The fourth-order valence-corrected chi connectivity index (χ4v) is 3.62. The molecule has 144 valence electrons. The molecule has 0 atom stereocenters. The van der Waals surface area contributed by atoms with Crippen molar-refractivity contribution in [2.24, 2.45) is 4.99 Å². The van der Waals surface area contributed by atoms with Gasteiger partial charge in [-0.25, -0.2) is 4.99 Å². The lowest BCUT2D eigenvalue weighted by Crippen LogP contribution is -2.47. The normalized spacial score (nSPS) is 16.9. The number of nitrogens with zero attached hydrogens (tertiary/aromatic N) is 3. The van der Waals surface area contributed by atoms with Gasteiger partial charge in [-0.2, -0.15) is 0 Å². The lowest BCUT2D eigenvalue weighted by molar-refractivity contribution is 0.216. The molecule has 2 aliphatic heterocycles. The Balaban J connectivity index is 0.00000131. The number of likely N-dealkylation sites (N-methyl/N-ethyl adjacent to an activating group) is 1. The van der Waals surface area contributed by atoms with Crippen molar-refractivity contribution in [3.8, 4) is 0 Å². The van der Waals surface area contributed by atoms with E-state index in [1.165, 1.54) is 16.7 Å². The van der Waals surface area contributed by atoms with Crippen molar-refractivity contribution in [2.75, 3.05) is 33.2 Å². The fraction of sp³-hybridized carbons (Fsp3) is 0.286. The Hall–Kier alpha value is -1.52. The Labute approximate surface area is 178 Å². The zero-order chi connectivity index (χ0) is 17.2. The van der Waals surface area contributed by atoms with Crippen LogP contribution in [0.3, 0.4) is 0 Å². The number of benzene rings is 2. The second-order valence-corrected chi connectivity index (χ2v) is 7.12. The maximum absolute atomic E-state index is 6.20. The standard InChI is InChI=1S/C21H22ClN3.2ClH/c1-24-11-13-25(14-12-24)21-19(16-5-3-2-4-6-16)9-7-17-15-18(22)8-10-20(17)23-21;;/h2-6,8-10,15H,7,11-14H2,1H3;2*1H. The van der Waals surface area contributed by atoms with Gasteiger partial charge in [0.25, 0.3) is 0 Å². The van der Waals surface area contributed by atoms with E-state index in [0.717, 1.165) is 49.1 Å². The minimum absolute atomic E-state index is 0. The summed E-state index contributed by atoms with van der Waals surface area (Å²) in [6, 6.07) is 16.6. The minimum Gasteiger partial charge on any atom is -0.354 e. The molecule has 0 saturated carbocycles. The van der Waals surface area contributed by atoms with Crippen LogP contribution in [0.2, 0.25) is 5.02 Å². The van der Waals surface area contributed by atoms with E-state index in [1.807, 2.05) is 18.2 Å². The van der Waals surface area contributed by atoms with Gasteiger partial charge in [0.2, 0.25) is 0 Å². The predicted molar refractivity (Wildman–Crippen MR) is 120 cm³/mol. The van der Waals surface area contributed by atoms with Crippen molar-refractivity contribution in [1.29, 1.82) is 0 Å². The number of piperazine rings is 1. The number of allylic oxidation sites excluding steroid dienone is 1. The highest BCUT2D eigenvalue weighted by Gasteiger charge is 2.23. The summed E-state index contributed by atoms with van der Waals surface area (Å²) in [5, 5.41) is 0.770. The molecule has 2 heterocycles. The summed E-state index contributed by atoms with van der Waals surface area (Å²) >= 11 is 6.20. The van der Waals surface area contributed by atoms with Crippen LogP contribution in [0.25, 0.3) is 5.57 Å². The van der Waals surface area contributed by atoms with Crippen molar-refractivity contribution in [2.45, 2.75) is 6.42 Å². The third-order valence-electron chi connectivity index (χ3n) is 4.92. The average Bonchev–Trinajstić information content (AvgIpc) is 2.82. The minimum atomic E-state index is 0. The number of aliphatic imine (C=N–C) groups is 1. The highest BCUT2D eigenvalue weighted by molar-refractivity contribution is 6.30.